The Morgan fingerprint density at radius 1 is 1.39 bits per heavy atom. The van der Waals surface area contributed by atoms with E-state index < -0.39 is 0 Å². The zero-order chi connectivity index (χ0) is 12.4. The standard InChI is InChI=1S/C14H20N2O2/c1-2-3-12(16-8-11-7-15-11)10-4-5-13-14(6-10)18-9-17-13/h4-6,11-12,15-16H,2-3,7-9H2,1H3. The second-order valence-corrected chi connectivity index (χ2v) is 4.97. The van der Waals surface area contributed by atoms with Gasteiger partial charge in [0.1, 0.15) is 0 Å². The molecule has 4 nitrogen and oxygen atoms in total. The molecule has 0 spiro atoms. The van der Waals surface area contributed by atoms with E-state index in [4.69, 9.17) is 9.47 Å². The van der Waals surface area contributed by atoms with E-state index in [-0.39, 0.29) is 0 Å². The van der Waals surface area contributed by atoms with Gasteiger partial charge in [0.05, 0.1) is 0 Å². The molecule has 1 fully saturated rings. The maximum Gasteiger partial charge on any atom is 0.231 e. The molecule has 0 amide bonds. The molecular formula is C14H20N2O2. The summed E-state index contributed by atoms with van der Waals surface area (Å²) in [5, 5.41) is 6.95. The molecule has 2 N–H and O–H groups in total. The van der Waals surface area contributed by atoms with Crippen molar-refractivity contribution in [2.24, 2.45) is 0 Å². The van der Waals surface area contributed by atoms with Crippen LogP contribution >= 0.6 is 0 Å². The van der Waals surface area contributed by atoms with Crippen LogP contribution in [0.25, 0.3) is 0 Å². The molecule has 0 radical (unpaired) electrons. The minimum Gasteiger partial charge on any atom is -0.454 e. The van der Waals surface area contributed by atoms with Crippen molar-refractivity contribution in [2.45, 2.75) is 31.8 Å². The van der Waals surface area contributed by atoms with Gasteiger partial charge in [0, 0.05) is 25.2 Å². The molecule has 2 heterocycles. The lowest BCUT2D eigenvalue weighted by Gasteiger charge is -2.18. The van der Waals surface area contributed by atoms with Gasteiger partial charge in [0.2, 0.25) is 6.79 Å². The molecule has 2 aliphatic heterocycles. The van der Waals surface area contributed by atoms with E-state index in [0.29, 0.717) is 18.9 Å². The summed E-state index contributed by atoms with van der Waals surface area (Å²) in [5.74, 6) is 1.73. The van der Waals surface area contributed by atoms with E-state index >= 15 is 0 Å². The van der Waals surface area contributed by atoms with Gasteiger partial charge in [-0.3, -0.25) is 0 Å². The van der Waals surface area contributed by atoms with Crippen LogP contribution in [0.1, 0.15) is 31.4 Å². The number of hydrogen-bond acceptors (Lipinski definition) is 4. The van der Waals surface area contributed by atoms with E-state index in [2.05, 4.69) is 29.7 Å². The van der Waals surface area contributed by atoms with Crippen molar-refractivity contribution in [3.63, 3.8) is 0 Å². The van der Waals surface area contributed by atoms with E-state index in [1.54, 1.807) is 0 Å². The van der Waals surface area contributed by atoms with Crippen LogP contribution in [0.5, 0.6) is 11.5 Å². The number of hydrogen-bond donors (Lipinski definition) is 2. The zero-order valence-corrected chi connectivity index (χ0v) is 10.7. The fourth-order valence-corrected chi connectivity index (χ4v) is 2.32. The molecule has 3 rings (SSSR count). The second kappa shape index (κ2) is 5.16. The molecule has 98 valence electrons. The van der Waals surface area contributed by atoms with Crippen LogP contribution in [-0.4, -0.2) is 25.9 Å². The fraction of sp³-hybridized carbons (Fsp3) is 0.571. The summed E-state index contributed by atoms with van der Waals surface area (Å²) in [6, 6.07) is 7.33. The molecule has 1 aromatic rings. The van der Waals surface area contributed by atoms with Gasteiger partial charge < -0.3 is 20.1 Å². The fourth-order valence-electron chi connectivity index (χ4n) is 2.32. The first kappa shape index (κ1) is 11.8. The minimum absolute atomic E-state index is 0.344. The third-order valence-electron chi connectivity index (χ3n) is 3.48. The molecule has 0 bridgehead atoms. The summed E-state index contributed by atoms with van der Waals surface area (Å²) in [6.45, 7) is 4.75. The van der Waals surface area contributed by atoms with Gasteiger partial charge in [-0.25, -0.2) is 0 Å². The van der Waals surface area contributed by atoms with Gasteiger partial charge in [-0.2, -0.15) is 0 Å². The van der Waals surface area contributed by atoms with Gasteiger partial charge in [0.15, 0.2) is 11.5 Å². The smallest absolute Gasteiger partial charge is 0.231 e. The Hall–Kier alpha value is -1.26. The maximum atomic E-state index is 5.44. The molecule has 18 heavy (non-hydrogen) atoms. The average molecular weight is 248 g/mol. The van der Waals surface area contributed by atoms with Crippen molar-refractivity contribution < 1.29 is 9.47 Å². The molecule has 2 atom stereocenters. The number of fused-ring (bicyclic) bond motifs is 1. The van der Waals surface area contributed by atoms with E-state index in [9.17, 15) is 0 Å². The number of rotatable bonds is 6. The second-order valence-electron chi connectivity index (χ2n) is 4.97. The highest BCUT2D eigenvalue weighted by Crippen LogP contribution is 2.35. The zero-order valence-electron chi connectivity index (χ0n) is 10.7. The van der Waals surface area contributed by atoms with Crippen molar-refractivity contribution in [2.75, 3.05) is 19.9 Å². The molecule has 0 saturated carbocycles. The van der Waals surface area contributed by atoms with Crippen LogP contribution in [0.3, 0.4) is 0 Å². The minimum atomic E-state index is 0.344. The highest BCUT2D eigenvalue weighted by molar-refractivity contribution is 5.45. The molecule has 1 aromatic carbocycles. The Labute approximate surface area is 108 Å². The molecular weight excluding hydrogens is 228 g/mol. The first-order chi connectivity index (χ1) is 8.86. The van der Waals surface area contributed by atoms with Gasteiger partial charge >= 0.3 is 0 Å². The Morgan fingerprint density at radius 3 is 3.00 bits per heavy atom. The van der Waals surface area contributed by atoms with Crippen LogP contribution in [-0.2, 0) is 0 Å². The van der Waals surface area contributed by atoms with E-state index in [1.165, 1.54) is 12.0 Å². The third-order valence-corrected chi connectivity index (χ3v) is 3.48. The van der Waals surface area contributed by atoms with Crippen LogP contribution in [0, 0.1) is 0 Å². The Balaban J connectivity index is 1.71. The predicted molar refractivity (Wildman–Crippen MR) is 70.0 cm³/mol. The summed E-state index contributed by atoms with van der Waals surface area (Å²) in [7, 11) is 0. The van der Waals surface area contributed by atoms with Gasteiger partial charge in [-0.05, 0) is 24.1 Å². The van der Waals surface area contributed by atoms with Crippen LogP contribution in [0.4, 0.5) is 0 Å². The summed E-state index contributed by atoms with van der Waals surface area (Å²) in [4.78, 5) is 0. The molecule has 1 saturated heterocycles. The normalized spacial score (nSPS) is 21.9. The molecule has 4 heteroatoms. The largest absolute Gasteiger partial charge is 0.454 e. The van der Waals surface area contributed by atoms with Crippen molar-refractivity contribution in [1.29, 1.82) is 0 Å². The summed E-state index contributed by atoms with van der Waals surface area (Å²) in [5.41, 5.74) is 1.29. The molecule has 0 aromatic heterocycles. The topological polar surface area (TPSA) is 52.4 Å². The Morgan fingerprint density at radius 2 is 2.22 bits per heavy atom. The first-order valence-corrected chi connectivity index (χ1v) is 6.73. The summed E-state index contributed by atoms with van der Waals surface area (Å²) < 4.78 is 10.8. The Kier molecular flexibility index (Phi) is 3.39. The van der Waals surface area contributed by atoms with E-state index in [1.807, 2.05) is 6.07 Å². The highest BCUT2D eigenvalue weighted by atomic mass is 16.7. The third kappa shape index (κ3) is 2.60. The monoisotopic (exact) mass is 248 g/mol. The van der Waals surface area contributed by atoms with Crippen molar-refractivity contribution >= 4 is 0 Å². The lowest BCUT2D eigenvalue weighted by Crippen LogP contribution is -2.26. The number of nitrogens with one attached hydrogen (secondary N) is 2. The highest BCUT2D eigenvalue weighted by Gasteiger charge is 2.22. The lowest BCUT2D eigenvalue weighted by molar-refractivity contribution is 0.174. The van der Waals surface area contributed by atoms with Gasteiger partial charge in [-0.15, -0.1) is 0 Å². The van der Waals surface area contributed by atoms with Crippen molar-refractivity contribution in [1.82, 2.24) is 10.6 Å². The van der Waals surface area contributed by atoms with Crippen LogP contribution < -0.4 is 20.1 Å². The maximum absolute atomic E-state index is 5.44. The Bertz CT molecular complexity index is 418. The van der Waals surface area contributed by atoms with Crippen LogP contribution in [0.2, 0.25) is 0 Å². The SMILES string of the molecule is CCCC(NCC1CN1)c1ccc2c(c1)OCO2. The predicted octanol–water partition coefficient (Wildman–Crippen LogP) is 1.82. The molecule has 2 unspecified atom stereocenters. The number of benzene rings is 1. The molecule has 2 aliphatic rings. The van der Waals surface area contributed by atoms with Crippen molar-refractivity contribution in [3.05, 3.63) is 23.8 Å². The molecule has 0 aliphatic carbocycles. The van der Waals surface area contributed by atoms with E-state index in [0.717, 1.165) is 31.0 Å². The summed E-state index contributed by atoms with van der Waals surface area (Å²) in [6.07, 6.45) is 2.32. The summed E-state index contributed by atoms with van der Waals surface area (Å²) >= 11 is 0. The first-order valence-electron chi connectivity index (χ1n) is 6.73. The quantitative estimate of drug-likeness (QED) is 0.754. The van der Waals surface area contributed by atoms with Gasteiger partial charge in [-0.1, -0.05) is 19.4 Å². The lowest BCUT2D eigenvalue weighted by atomic mass is 10.0. The van der Waals surface area contributed by atoms with Gasteiger partial charge in [0.25, 0.3) is 0 Å². The van der Waals surface area contributed by atoms with Crippen molar-refractivity contribution in [3.8, 4) is 11.5 Å². The number of ether oxygens (including phenoxy) is 2. The van der Waals surface area contributed by atoms with Crippen LogP contribution in [0.15, 0.2) is 18.2 Å². The average Bonchev–Trinajstić information content (AvgIpc) is 3.10.